The van der Waals surface area contributed by atoms with Gasteiger partial charge >= 0.3 is 11.9 Å². The number of aromatic nitrogens is 2. The Labute approximate surface area is 146 Å². The Hall–Kier alpha value is -2.68. The van der Waals surface area contributed by atoms with E-state index in [1.165, 1.54) is 24.3 Å². The fraction of sp³-hybridized carbons (Fsp3) is 0.125. The topological polar surface area (TPSA) is 54.9 Å². The zero-order valence-electron chi connectivity index (χ0n) is 12.6. The van der Waals surface area contributed by atoms with Gasteiger partial charge < -0.3 is 0 Å². The Balaban J connectivity index is 2.54. The second-order valence-corrected chi connectivity index (χ2v) is 5.71. The third-order valence-corrected chi connectivity index (χ3v) is 4.03. The Kier molecular flexibility index (Phi) is 4.35. The Morgan fingerprint density at radius 1 is 1.08 bits per heavy atom. The smallest absolute Gasteiger partial charge is 0.273 e. The number of hydrogen-bond acceptors (Lipinski definition) is 2. The van der Waals surface area contributed by atoms with Gasteiger partial charge in [0.15, 0.2) is 0 Å². The van der Waals surface area contributed by atoms with E-state index in [9.17, 15) is 31.5 Å². The first-order valence-corrected chi connectivity index (χ1v) is 7.42. The third-order valence-electron chi connectivity index (χ3n) is 3.71. The highest BCUT2D eigenvalue weighted by molar-refractivity contribution is 6.32. The highest BCUT2D eigenvalue weighted by atomic mass is 35.5. The van der Waals surface area contributed by atoms with Crippen LogP contribution in [0, 0.1) is 0 Å². The molecule has 0 saturated heterocycles. The van der Waals surface area contributed by atoms with Gasteiger partial charge in [-0.25, -0.2) is 13.6 Å². The monoisotopic (exact) mass is 390 g/mol. The van der Waals surface area contributed by atoms with Gasteiger partial charge in [0.05, 0.1) is 27.2 Å². The zero-order valence-corrected chi connectivity index (χ0v) is 13.3. The molecule has 0 fully saturated rings. The predicted molar refractivity (Wildman–Crippen MR) is 85.1 cm³/mol. The molecule has 1 heterocycles. The molecule has 1 aromatic heterocycles. The van der Waals surface area contributed by atoms with Crippen LogP contribution in [0.4, 0.5) is 22.0 Å². The molecule has 0 aliphatic carbocycles. The molecular weight excluding hydrogens is 383 g/mol. The Morgan fingerprint density at radius 3 is 2.31 bits per heavy atom. The van der Waals surface area contributed by atoms with E-state index < -0.39 is 45.9 Å². The molecule has 0 bridgehead atoms. The largest absolute Gasteiger partial charge is 0.416 e. The minimum atomic E-state index is -5.11. The first-order chi connectivity index (χ1) is 12.1. The van der Waals surface area contributed by atoms with E-state index in [0.29, 0.717) is 12.1 Å². The molecule has 0 radical (unpaired) electrons. The van der Waals surface area contributed by atoms with Crippen molar-refractivity contribution in [2.24, 2.45) is 0 Å². The van der Waals surface area contributed by atoms with Crippen molar-refractivity contribution in [3.05, 3.63) is 73.4 Å². The summed E-state index contributed by atoms with van der Waals surface area (Å²) in [7, 11) is 0. The molecule has 0 aliphatic rings. The summed E-state index contributed by atoms with van der Waals surface area (Å²) < 4.78 is 66.6. The molecule has 0 unspecified atom stereocenters. The number of fused-ring (bicyclic) bond motifs is 1. The molecule has 0 spiro atoms. The summed E-state index contributed by atoms with van der Waals surface area (Å²) in [5.41, 5.74) is -5.59. The number of hydrogen-bond donors (Lipinski definition) is 1. The quantitative estimate of drug-likeness (QED) is 0.664. The number of alkyl halides is 5. The van der Waals surface area contributed by atoms with Crippen LogP contribution in [0.2, 0.25) is 5.02 Å². The summed E-state index contributed by atoms with van der Waals surface area (Å²) in [6.07, 6.45) is -8.57. The maximum absolute atomic E-state index is 13.2. The highest BCUT2D eigenvalue weighted by Gasteiger charge is 2.36. The molecule has 2 aromatic carbocycles. The first kappa shape index (κ1) is 18.1. The molecule has 0 atom stereocenters. The van der Waals surface area contributed by atoms with E-state index in [1.54, 1.807) is 0 Å². The van der Waals surface area contributed by atoms with Gasteiger partial charge in [-0.3, -0.25) is 14.3 Å². The lowest BCUT2D eigenvalue weighted by Gasteiger charge is -2.16. The lowest BCUT2D eigenvalue weighted by atomic mass is 10.0. The number of nitrogens with one attached hydrogen (secondary N) is 1. The summed E-state index contributed by atoms with van der Waals surface area (Å²) in [6, 6.07) is 6.53. The number of halogens is 6. The lowest BCUT2D eigenvalue weighted by Crippen LogP contribution is -2.30. The van der Waals surface area contributed by atoms with Crippen LogP contribution in [0.3, 0.4) is 0 Å². The molecule has 4 nitrogen and oxygen atoms in total. The maximum atomic E-state index is 13.2. The molecule has 3 rings (SSSR count). The number of nitrogens with zero attached hydrogens (tertiary/aromatic N) is 1. The number of benzene rings is 2. The fourth-order valence-corrected chi connectivity index (χ4v) is 2.82. The fourth-order valence-electron chi connectivity index (χ4n) is 2.60. The maximum Gasteiger partial charge on any atom is 0.416 e. The van der Waals surface area contributed by atoms with Gasteiger partial charge in [-0.15, -0.1) is 0 Å². The molecule has 3 aromatic rings. The van der Waals surface area contributed by atoms with Crippen molar-refractivity contribution in [3.8, 4) is 5.69 Å². The SMILES string of the molecule is O=c1[nH]c(=O)n(-c2ccccc2Cl)c2cc(C(F)(F)F)c(C(F)F)cc12. The second-order valence-electron chi connectivity index (χ2n) is 5.30. The summed E-state index contributed by atoms with van der Waals surface area (Å²) in [5.74, 6) is 0. The van der Waals surface area contributed by atoms with Gasteiger partial charge in [-0.05, 0) is 24.3 Å². The van der Waals surface area contributed by atoms with Crippen molar-refractivity contribution in [1.82, 2.24) is 9.55 Å². The average Bonchev–Trinajstić information content (AvgIpc) is 2.54. The van der Waals surface area contributed by atoms with Gasteiger partial charge in [0.1, 0.15) is 0 Å². The van der Waals surface area contributed by atoms with Gasteiger partial charge in [-0.2, -0.15) is 13.2 Å². The first-order valence-electron chi connectivity index (χ1n) is 7.04. The molecule has 0 saturated carbocycles. The third kappa shape index (κ3) is 2.98. The van der Waals surface area contributed by atoms with Crippen LogP contribution in [0.25, 0.3) is 16.6 Å². The van der Waals surface area contributed by atoms with Crippen LogP contribution in [0.1, 0.15) is 17.6 Å². The Bertz CT molecular complexity index is 1120. The van der Waals surface area contributed by atoms with E-state index >= 15 is 0 Å². The number of H-pyrrole nitrogens is 1. The molecule has 0 amide bonds. The van der Waals surface area contributed by atoms with Crippen molar-refractivity contribution in [1.29, 1.82) is 0 Å². The van der Waals surface area contributed by atoms with Crippen LogP contribution < -0.4 is 11.2 Å². The van der Waals surface area contributed by atoms with Crippen LogP contribution in [-0.4, -0.2) is 9.55 Å². The van der Waals surface area contributed by atoms with Gasteiger partial charge in [0, 0.05) is 5.56 Å². The molecule has 26 heavy (non-hydrogen) atoms. The van der Waals surface area contributed by atoms with Crippen molar-refractivity contribution in [3.63, 3.8) is 0 Å². The zero-order chi connectivity index (χ0) is 19.2. The van der Waals surface area contributed by atoms with E-state index in [-0.39, 0.29) is 10.7 Å². The standard InChI is InChI=1S/C16H8ClF5N2O2/c17-10-3-1-2-4-11(10)24-12-6-9(16(20,21)22)7(13(18)19)5-8(12)14(25)23-15(24)26/h1-6,13H,(H,23,25,26). The molecule has 0 aliphatic heterocycles. The second kappa shape index (κ2) is 6.24. The molecule has 1 N–H and O–H groups in total. The van der Waals surface area contributed by atoms with E-state index in [0.717, 1.165) is 4.57 Å². The van der Waals surface area contributed by atoms with E-state index in [4.69, 9.17) is 11.6 Å². The summed E-state index contributed by atoms with van der Waals surface area (Å²) in [6.45, 7) is 0. The normalized spacial score (nSPS) is 12.1. The van der Waals surface area contributed by atoms with Gasteiger partial charge in [0.25, 0.3) is 12.0 Å². The number of aromatic amines is 1. The van der Waals surface area contributed by atoms with Crippen molar-refractivity contribution >= 4 is 22.5 Å². The summed E-state index contributed by atoms with van der Waals surface area (Å²) in [4.78, 5) is 26.1. The molecule has 136 valence electrons. The number of rotatable bonds is 2. The lowest BCUT2D eigenvalue weighted by molar-refractivity contribution is -0.139. The molecular formula is C16H8ClF5N2O2. The summed E-state index contributed by atoms with van der Waals surface area (Å²) in [5, 5.41) is -0.470. The summed E-state index contributed by atoms with van der Waals surface area (Å²) >= 11 is 5.99. The Morgan fingerprint density at radius 2 is 1.73 bits per heavy atom. The van der Waals surface area contributed by atoms with E-state index in [2.05, 4.69) is 0 Å². The van der Waals surface area contributed by atoms with Crippen molar-refractivity contribution < 1.29 is 22.0 Å². The average molecular weight is 391 g/mol. The van der Waals surface area contributed by atoms with Crippen LogP contribution in [-0.2, 0) is 6.18 Å². The minimum absolute atomic E-state index is 0.00154. The highest BCUT2D eigenvalue weighted by Crippen LogP contribution is 2.38. The number of para-hydroxylation sites is 1. The molecule has 10 heteroatoms. The van der Waals surface area contributed by atoms with Gasteiger partial charge in [0.2, 0.25) is 0 Å². The van der Waals surface area contributed by atoms with Crippen molar-refractivity contribution in [2.75, 3.05) is 0 Å². The van der Waals surface area contributed by atoms with Gasteiger partial charge in [-0.1, -0.05) is 23.7 Å². The van der Waals surface area contributed by atoms with Crippen LogP contribution in [0.5, 0.6) is 0 Å². The van der Waals surface area contributed by atoms with Crippen LogP contribution in [0.15, 0.2) is 46.0 Å². The minimum Gasteiger partial charge on any atom is -0.273 e. The predicted octanol–water partition coefficient (Wildman–Crippen LogP) is 4.29. The van der Waals surface area contributed by atoms with Crippen molar-refractivity contribution in [2.45, 2.75) is 12.6 Å². The van der Waals surface area contributed by atoms with Crippen LogP contribution >= 0.6 is 11.6 Å². The van der Waals surface area contributed by atoms with E-state index in [1.807, 2.05) is 4.98 Å².